The lowest BCUT2D eigenvalue weighted by atomic mass is 9.87. The second-order valence-electron chi connectivity index (χ2n) is 6.40. The summed E-state index contributed by atoms with van der Waals surface area (Å²) < 4.78 is 2.02. The van der Waals surface area contributed by atoms with Crippen molar-refractivity contribution >= 4 is 0 Å². The minimum absolute atomic E-state index is 0.179. The van der Waals surface area contributed by atoms with Crippen LogP contribution in [0.4, 0.5) is 0 Å². The maximum absolute atomic E-state index is 5.68. The third kappa shape index (κ3) is 2.78. The molecule has 0 aliphatic carbocycles. The van der Waals surface area contributed by atoms with E-state index in [4.69, 9.17) is 5.73 Å². The first-order chi connectivity index (χ1) is 9.34. The molecule has 108 valence electrons. The standard InChI is InChI=1S/C17H25N3/c1-12-16(10-11-18)13(2)20(19-12)15-8-6-14(7-9-15)17(3,4)5/h6-9H,10-11,18H2,1-5H3. The van der Waals surface area contributed by atoms with Crippen molar-refractivity contribution in [1.29, 1.82) is 0 Å². The molecule has 1 aromatic heterocycles. The van der Waals surface area contributed by atoms with Gasteiger partial charge in [0.05, 0.1) is 11.4 Å². The molecule has 0 aliphatic heterocycles. The SMILES string of the molecule is Cc1nn(-c2ccc(C(C)(C)C)cc2)c(C)c1CCN. The van der Waals surface area contributed by atoms with Gasteiger partial charge in [-0.2, -0.15) is 5.10 Å². The number of aromatic nitrogens is 2. The Morgan fingerprint density at radius 1 is 1.10 bits per heavy atom. The molecule has 2 N–H and O–H groups in total. The molecule has 1 heterocycles. The first-order valence-corrected chi connectivity index (χ1v) is 7.20. The van der Waals surface area contributed by atoms with Gasteiger partial charge < -0.3 is 5.73 Å². The Morgan fingerprint density at radius 3 is 2.20 bits per heavy atom. The number of nitrogens with two attached hydrogens (primary N) is 1. The second-order valence-corrected chi connectivity index (χ2v) is 6.40. The molecule has 20 heavy (non-hydrogen) atoms. The zero-order valence-corrected chi connectivity index (χ0v) is 13.2. The van der Waals surface area contributed by atoms with E-state index >= 15 is 0 Å². The van der Waals surface area contributed by atoms with E-state index in [0.29, 0.717) is 6.54 Å². The van der Waals surface area contributed by atoms with Gasteiger partial charge in [0.2, 0.25) is 0 Å². The zero-order valence-electron chi connectivity index (χ0n) is 13.2. The average Bonchev–Trinajstić information content (AvgIpc) is 2.66. The van der Waals surface area contributed by atoms with Gasteiger partial charge in [0.15, 0.2) is 0 Å². The summed E-state index contributed by atoms with van der Waals surface area (Å²) in [6.07, 6.45) is 0.887. The Kier molecular flexibility index (Phi) is 4.00. The van der Waals surface area contributed by atoms with Gasteiger partial charge in [-0.05, 0) is 55.5 Å². The molecular weight excluding hydrogens is 246 g/mol. The first kappa shape index (κ1) is 14.8. The van der Waals surface area contributed by atoms with Gasteiger partial charge in [0.1, 0.15) is 0 Å². The Bertz CT molecular complexity index is 586. The van der Waals surface area contributed by atoms with E-state index in [-0.39, 0.29) is 5.41 Å². The van der Waals surface area contributed by atoms with Crippen LogP contribution in [0.3, 0.4) is 0 Å². The van der Waals surface area contributed by atoms with E-state index in [0.717, 1.165) is 17.8 Å². The molecule has 0 bridgehead atoms. The normalized spacial score (nSPS) is 11.9. The fraction of sp³-hybridized carbons (Fsp3) is 0.471. The molecule has 3 nitrogen and oxygen atoms in total. The molecular formula is C17H25N3. The van der Waals surface area contributed by atoms with Crippen LogP contribution in [0, 0.1) is 13.8 Å². The van der Waals surface area contributed by atoms with Crippen LogP contribution >= 0.6 is 0 Å². The van der Waals surface area contributed by atoms with Crippen molar-refractivity contribution in [1.82, 2.24) is 9.78 Å². The number of hydrogen-bond acceptors (Lipinski definition) is 2. The summed E-state index contributed by atoms with van der Waals surface area (Å²) in [6, 6.07) is 8.67. The number of hydrogen-bond donors (Lipinski definition) is 1. The van der Waals surface area contributed by atoms with Crippen LogP contribution in [0.5, 0.6) is 0 Å². The number of nitrogens with zero attached hydrogens (tertiary/aromatic N) is 2. The van der Waals surface area contributed by atoms with Gasteiger partial charge in [-0.3, -0.25) is 0 Å². The van der Waals surface area contributed by atoms with Crippen molar-refractivity contribution in [2.45, 2.75) is 46.5 Å². The molecule has 2 rings (SSSR count). The molecule has 0 radical (unpaired) electrons. The predicted molar refractivity (Wildman–Crippen MR) is 84.5 cm³/mol. The van der Waals surface area contributed by atoms with Gasteiger partial charge in [-0.15, -0.1) is 0 Å². The third-order valence-corrected chi connectivity index (χ3v) is 3.81. The molecule has 1 aromatic carbocycles. The van der Waals surface area contributed by atoms with Crippen LogP contribution in [-0.4, -0.2) is 16.3 Å². The monoisotopic (exact) mass is 271 g/mol. The fourth-order valence-electron chi connectivity index (χ4n) is 2.54. The zero-order chi connectivity index (χ0) is 14.9. The van der Waals surface area contributed by atoms with Crippen LogP contribution in [-0.2, 0) is 11.8 Å². The van der Waals surface area contributed by atoms with E-state index in [2.05, 4.69) is 64.0 Å². The summed E-state index contributed by atoms with van der Waals surface area (Å²) in [6.45, 7) is 11.5. The fourth-order valence-corrected chi connectivity index (χ4v) is 2.54. The van der Waals surface area contributed by atoms with Crippen molar-refractivity contribution in [2.75, 3.05) is 6.54 Å². The highest BCUT2D eigenvalue weighted by molar-refractivity contribution is 5.40. The summed E-state index contributed by atoms with van der Waals surface area (Å²) in [7, 11) is 0. The Balaban J connectivity index is 2.40. The highest BCUT2D eigenvalue weighted by Gasteiger charge is 2.15. The number of benzene rings is 1. The topological polar surface area (TPSA) is 43.8 Å². The maximum Gasteiger partial charge on any atom is 0.0649 e. The molecule has 0 aliphatic rings. The van der Waals surface area contributed by atoms with E-state index in [1.807, 2.05) is 4.68 Å². The van der Waals surface area contributed by atoms with Gasteiger partial charge in [-0.1, -0.05) is 32.9 Å². The number of aryl methyl sites for hydroxylation is 1. The summed E-state index contributed by atoms with van der Waals surface area (Å²) in [5.74, 6) is 0. The summed E-state index contributed by atoms with van der Waals surface area (Å²) in [5.41, 5.74) is 11.8. The van der Waals surface area contributed by atoms with Crippen molar-refractivity contribution in [2.24, 2.45) is 5.73 Å². The smallest absolute Gasteiger partial charge is 0.0649 e. The summed E-state index contributed by atoms with van der Waals surface area (Å²) >= 11 is 0. The van der Waals surface area contributed by atoms with Gasteiger partial charge in [-0.25, -0.2) is 4.68 Å². The first-order valence-electron chi connectivity index (χ1n) is 7.20. The predicted octanol–water partition coefficient (Wildman–Crippen LogP) is 3.29. The molecule has 0 saturated carbocycles. The Hall–Kier alpha value is -1.61. The summed E-state index contributed by atoms with van der Waals surface area (Å²) in [4.78, 5) is 0. The maximum atomic E-state index is 5.68. The summed E-state index contributed by atoms with van der Waals surface area (Å²) in [5, 5.41) is 4.65. The third-order valence-electron chi connectivity index (χ3n) is 3.81. The molecule has 0 amide bonds. The second kappa shape index (κ2) is 5.41. The van der Waals surface area contributed by atoms with Crippen LogP contribution < -0.4 is 5.73 Å². The molecule has 0 unspecified atom stereocenters. The highest BCUT2D eigenvalue weighted by Crippen LogP contribution is 2.24. The molecule has 0 spiro atoms. The van der Waals surface area contributed by atoms with E-state index in [9.17, 15) is 0 Å². The van der Waals surface area contributed by atoms with E-state index in [1.165, 1.54) is 16.8 Å². The largest absolute Gasteiger partial charge is 0.330 e. The molecule has 2 aromatic rings. The van der Waals surface area contributed by atoms with Crippen molar-refractivity contribution < 1.29 is 0 Å². The lowest BCUT2D eigenvalue weighted by molar-refractivity contribution is 0.590. The lowest BCUT2D eigenvalue weighted by Gasteiger charge is -2.19. The van der Waals surface area contributed by atoms with Crippen LogP contribution in [0.25, 0.3) is 5.69 Å². The quantitative estimate of drug-likeness (QED) is 0.931. The highest BCUT2D eigenvalue weighted by atomic mass is 15.3. The number of rotatable bonds is 3. The molecule has 3 heteroatoms. The lowest BCUT2D eigenvalue weighted by Crippen LogP contribution is -2.11. The molecule has 0 atom stereocenters. The minimum Gasteiger partial charge on any atom is -0.330 e. The van der Waals surface area contributed by atoms with Crippen molar-refractivity contribution in [3.05, 3.63) is 46.8 Å². The van der Waals surface area contributed by atoms with Gasteiger partial charge in [0.25, 0.3) is 0 Å². The van der Waals surface area contributed by atoms with Gasteiger partial charge >= 0.3 is 0 Å². The molecule has 0 fully saturated rings. The average molecular weight is 271 g/mol. The van der Waals surface area contributed by atoms with Crippen LogP contribution in [0.1, 0.15) is 43.3 Å². The van der Waals surface area contributed by atoms with Gasteiger partial charge in [0, 0.05) is 5.69 Å². The van der Waals surface area contributed by atoms with Crippen molar-refractivity contribution in [3.8, 4) is 5.69 Å². The van der Waals surface area contributed by atoms with Crippen LogP contribution in [0.15, 0.2) is 24.3 Å². The Labute approximate surface area is 121 Å². The Morgan fingerprint density at radius 2 is 1.70 bits per heavy atom. The van der Waals surface area contributed by atoms with Crippen LogP contribution in [0.2, 0.25) is 0 Å². The van der Waals surface area contributed by atoms with E-state index < -0.39 is 0 Å². The minimum atomic E-state index is 0.179. The molecule has 0 saturated heterocycles. The van der Waals surface area contributed by atoms with Crippen molar-refractivity contribution in [3.63, 3.8) is 0 Å². The van der Waals surface area contributed by atoms with E-state index in [1.54, 1.807) is 0 Å².